The number of unbranched alkanes of at least 4 members (excludes halogenated alkanes) is 3. The van der Waals surface area contributed by atoms with Crippen LogP contribution in [0.1, 0.15) is 46.0 Å². The summed E-state index contributed by atoms with van der Waals surface area (Å²) in [4.78, 5) is 13.5. The number of amides is 1. The summed E-state index contributed by atoms with van der Waals surface area (Å²) in [6, 6.07) is 0. The Hall–Kier alpha value is -0.570. The van der Waals surface area contributed by atoms with Gasteiger partial charge < -0.3 is 5.32 Å². The smallest absolute Gasteiger partial charge is 0.234 e. The average molecular weight is 226 g/mol. The van der Waals surface area contributed by atoms with Gasteiger partial charge in [-0.05, 0) is 12.3 Å². The molecular formula is C13H26N2O. The van der Waals surface area contributed by atoms with Gasteiger partial charge in [0.2, 0.25) is 5.91 Å². The fourth-order valence-electron chi connectivity index (χ4n) is 2.30. The number of rotatable bonds is 7. The second-order valence-corrected chi connectivity index (χ2v) is 5.04. The second-order valence-electron chi connectivity index (χ2n) is 5.04. The molecular weight excluding hydrogens is 200 g/mol. The highest BCUT2D eigenvalue weighted by Crippen LogP contribution is 2.12. The van der Waals surface area contributed by atoms with Crippen molar-refractivity contribution in [1.29, 1.82) is 0 Å². The Balaban J connectivity index is 2.08. The predicted molar refractivity (Wildman–Crippen MR) is 67.4 cm³/mol. The van der Waals surface area contributed by atoms with E-state index < -0.39 is 0 Å². The molecule has 0 bridgehead atoms. The molecule has 1 unspecified atom stereocenters. The summed E-state index contributed by atoms with van der Waals surface area (Å²) in [5, 5.41) is 2.86. The third kappa shape index (κ3) is 5.50. The summed E-state index contributed by atoms with van der Waals surface area (Å²) in [6.07, 6.45) is 6.67. The van der Waals surface area contributed by atoms with Gasteiger partial charge in [-0.3, -0.25) is 9.69 Å². The largest absolute Gasteiger partial charge is 0.354 e. The van der Waals surface area contributed by atoms with E-state index in [2.05, 4.69) is 24.1 Å². The van der Waals surface area contributed by atoms with Gasteiger partial charge in [0.15, 0.2) is 0 Å². The van der Waals surface area contributed by atoms with Crippen molar-refractivity contribution in [2.45, 2.75) is 46.0 Å². The minimum absolute atomic E-state index is 0.185. The minimum atomic E-state index is 0.185. The quantitative estimate of drug-likeness (QED) is 0.674. The van der Waals surface area contributed by atoms with Crippen LogP contribution in [0.4, 0.5) is 0 Å². The van der Waals surface area contributed by atoms with E-state index in [0.29, 0.717) is 6.54 Å². The van der Waals surface area contributed by atoms with Gasteiger partial charge in [-0.15, -0.1) is 0 Å². The van der Waals surface area contributed by atoms with Gasteiger partial charge >= 0.3 is 0 Å². The Labute approximate surface area is 99.6 Å². The number of nitrogens with one attached hydrogen (secondary N) is 1. The van der Waals surface area contributed by atoms with Gasteiger partial charge in [-0.1, -0.05) is 39.5 Å². The number of carbonyl (C=O) groups excluding carboxylic acids is 1. The van der Waals surface area contributed by atoms with Crippen LogP contribution in [-0.2, 0) is 4.79 Å². The van der Waals surface area contributed by atoms with Crippen molar-refractivity contribution >= 4 is 5.91 Å². The monoisotopic (exact) mass is 226 g/mol. The predicted octanol–water partition coefficient (Wildman–Crippen LogP) is 2.02. The Morgan fingerprint density at radius 3 is 2.88 bits per heavy atom. The molecule has 1 heterocycles. The molecule has 1 aliphatic rings. The minimum Gasteiger partial charge on any atom is -0.354 e. The third-order valence-corrected chi connectivity index (χ3v) is 3.24. The molecule has 1 aliphatic heterocycles. The van der Waals surface area contributed by atoms with Gasteiger partial charge in [0.05, 0.1) is 6.54 Å². The summed E-state index contributed by atoms with van der Waals surface area (Å²) in [5.74, 6) is 0.909. The molecule has 0 aromatic rings. The van der Waals surface area contributed by atoms with Gasteiger partial charge in [0, 0.05) is 19.6 Å². The molecule has 3 heteroatoms. The van der Waals surface area contributed by atoms with Gasteiger partial charge in [-0.25, -0.2) is 0 Å². The molecule has 1 saturated heterocycles. The Morgan fingerprint density at radius 2 is 2.19 bits per heavy atom. The summed E-state index contributed by atoms with van der Waals surface area (Å²) >= 11 is 0. The summed E-state index contributed by atoms with van der Waals surface area (Å²) in [7, 11) is 0. The second kappa shape index (κ2) is 7.66. The molecule has 1 amide bonds. The van der Waals surface area contributed by atoms with Crippen molar-refractivity contribution in [2.75, 3.05) is 26.2 Å². The SMILES string of the molecule is CCCCCCC(C)CN1CCNC(=O)C1. The molecule has 0 radical (unpaired) electrons. The van der Waals surface area contributed by atoms with E-state index in [9.17, 15) is 4.79 Å². The first-order chi connectivity index (χ1) is 7.72. The zero-order valence-electron chi connectivity index (χ0n) is 10.8. The van der Waals surface area contributed by atoms with Crippen molar-refractivity contribution < 1.29 is 4.79 Å². The molecule has 0 aliphatic carbocycles. The zero-order chi connectivity index (χ0) is 11.8. The van der Waals surface area contributed by atoms with Gasteiger partial charge in [-0.2, -0.15) is 0 Å². The van der Waals surface area contributed by atoms with Crippen molar-refractivity contribution in [1.82, 2.24) is 10.2 Å². The molecule has 0 aromatic carbocycles. The third-order valence-electron chi connectivity index (χ3n) is 3.24. The lowest BCUT2D eigenvalue weighted by molar-refractivity contribution is -0.124. The molecule has 16 heavy (non-hydrogen) atoms. The van der Waals surface area contributed by atoms with Gasteiger partial charge in [0.25, 0.3) is 0 Å². The fourth-order valence-corrected chi connectivity index (χ4v) is 2.30. The van der Waals surface area contributed by atoms with Crippen molar-refractivity contribution in [3.8, 4) is 0 Å². The van der Waals surface area contributed by atoms with Crippen molar-refractivity contribution in [3.63, 3.8) is 0 Å². The van der Waals surface area contributed by atoms with Crippen LogP contribution in [0, 0.1) is 5.92 Å². The molecule has 0 aromatic heterocycles. The van der Waals surface area contributed by atoms with E-state index in [4.69, 9.17) is 0 Å². The van der Waals surface area contributed by atoms with E-state index in [1.807, 2.05) is 0 Å². The highest BCUT2D eigenvalue weighted by Gasteiger charge is 2.17. The van der Waals surface area contributed by atoms with Crippen LogP contribution in [0.2, 0.25) is 0 Å². The number of hydrogen-bond acceptors (Lipinski definition) is 2. The van der Waals surface area contributed by atoms with Crippen molar-refractivity contribution in [3.05, 3.63) is 0 Å². The Morgan fingerprint density at radius 1 is 1.38 bits per heavy atom. The van der Waals surface area contributed by atoms with Crippen molar-refractivity contribution in [2.24, 2.45) is 5.92 Å². The molecule has 1 fully saturated rings. The maximum Gasteiger partial charge on any atom is 0.234 e. The molecule has 1 N–H and O–H groups in total. The number of piperazine rings is 1. The van der Waals surface area contributed by atoms with E-state index in [1.165, 1.54) is 32.1 Å². The number of nitrogens with zero attached hydrogens (tertiary/aromatic N) is 1. The van der Waals surface area contributed by atoms with E-state index >= 15 is 0 Å². The van der Waals surface area contributed by atoms with Gasteiger partial charge in [0.1, 0.15) is 0 Å². The van der Waals surface area contributed by atoms with Crippen LogP contribution in [0.15, 0.2) is 0 Å². The molecule has 0 saturated carbocycles. The standard InChI is InChI=1S/C13H26N2O/c1-3-4-5-6-7-12(2)10-15-9-8-14-13(16)11-15/h12H,3-11H2,1-2H3,(H,14,16). The van der Waals surface area contributed by atoms with E-state index in [-0.39, 0.29) is 5.91 Å². The van der Waals surface area contributed by atoms with E-state index in [0.717, 1.165) is 25.6 Å². The summed E-state index contributed by atoms with van der Waals surface area (Å²) < 4.78 is 0. The van der Waals surface area contributed by atoms with Crippen LogP contribution in [-0.4, -0.2) is 37.0 Å². The summed E-state index contributed by atoms with van der Waals surface area (Å²) in [6.45, 7) is 8.07. The highest BCUT2D eigenvalue weighted by molar-refractivity contribution is 5.78. The first-order valence-corrected chi connectivity index (χ1v) is 6.71. The molecule has 3 nitrogen and oxygen atoms in total. The van der Waals surface area contributed by atoms with E-state index in [1.54, 1.807) is 0 Å². The number of hydrogen-bond donors (Lipinski definition) is 1. The van der Waals surface area contributed by atoms with Crippen LogP contribution in [0.3, 0.4) is 0 Å². The molecule has 94 valence electrons. The van der Waals surface area contributed by atoms with Crippen LogP contribution < -0.4 is 5.32 Å². The first-order valence-electron chi connectivity index (χ1n) is 6.71. The maximum absolute atomic E-state index is 11.2. The fraction of sp³-hybridized carbons (Fsp3) is 0.923. The normalized spacial score (nSPS) is 19.5. The topological polar surface area (TPSA) is 32.3 Å². The highest BCUT2D eigenvalue weighted by atomic mass is 16.2. The van der Waals surface area contributed by atoms with Crippen LogP contribution in [0.5, 0.6) is 0 Å². The Kier molecular flexibility index (Phi) is 6.46. The number of carbonyl (C=O) groups is 1. The molecule has 1 rings (SSSR count). The lowest BCUT2D eigenvalue weighted by Crippen LogP contribution is -2.48. The van der Waals surface area contributed by atoms with Crippen LogP contribution in [0.25, 0.3) is 0 Å². The maximum atomic E-state index is 11.2. The average Bonchev–Trinajstić information content (AvgIpc) is 2.24. The lowest BCUT2D eigenvalue weighted by atomic mass is 10.0. The van der Waals surface area contributed by atoms with Crippen LogP contribution >= 0.6 is 0 Å². The lowest BCUT2D eigenvalue weighted by Gasteiger charge is -2.28. The summed E-state index contributed by atoms with van der Waals surface area (Å²) in [5.41, 5.74) is 0. The zero-order valence-corrected chi connectivity index (χ0v) is 10.8. The molecule has 0 spiro atoms. The molecule has 1 atom stereocenters. The first kappa shape index (κ1) is 13.5. The Bertz CT molecular complexity index is 206.